The fourth-order valence-corrected chi connectivity index (χ4v) is 1.30. The zero-order valence-electron chi connectivity index (χ0n) is 9.44. The molecule has 0 aliphatic heterocycles. The van der Waals surface area contributed by atoms with Gasteiger partial charge < -0.3 is 0 Å². The zero-order chi connectivity index (χ0) is 9.78. The number of hydrogen-bond acceptors (Lipinski definition) is 1. The molecule has 0 spiro atoms. The predicted octanol–water partition coefficient (Wildman–Crippen LogP) is 3.54. The maximum absolute atomic E-state index is 4.55. The van der Waals surface area contributed by atoms with Gasteiger partial charge in [0.05, 0.1) is 0 Å². The van der Waals surface area contributed by atoms with Crippen molar-refractivity contribution < 1.29 is 0 Å². The van der Waals surface area contributed by atoms with Crippen molar-refractivity contribution in [2.24, 2.45) is 16.3 Å². The summed E-state index contributed by atoms with van der Waals surface area (Å²) < 4.78 is 0. The Balaban J connectivity index is 4.59. The molecule has 0 rings (SSSR count). The van der Waals surface area contributed by atoms with Gasteiger partial charge >= 0.3 is 0 Å². The van der Waals surface area contributed by atoms with E-state index in [9.17, 15) is 0 Å². The van der Waals surface area contributed by atoms with E-state index in [0.717, 1.165) is 13.0 Å². The average Bonchev–Trinajstić information content (AvgIpc) is 1.99. The Morgan fingerprint density at radius 1 is 1.25 bits per heavy atom. The Bertz CT molecular complexity index is 154. The normalized spacial score (nSPS) is 14.1. The number of hydrogen-bond donors (Lipinski definition) is 0. The summed E-state index contributed by atoms with van der Waals surface area (Å²) in [4.78, 5) is 4.55. The fourth-order valence-electron chi connectivity index (χ4n) is 1.30. The molecule has 1 heteroatoms. The van der Waals surface area contributed by atoms with E-state index in [-0.39, 0.29) is 5.41 Å². The van der Waals surface area contributed by atoms with Gasteiger partial charge in [0.15, 0.2) is 0 Å². The second-order valence-electron chi connectivity index (χ2n) is 4.15. The summed E-state index contributed by atoms with van der Waals surface area (Å²) in [5, 5.41) is 0. The van der Waals surface area contributed by atoms with E-state index < -0.39 is 0 Å². The summed E-state index contributed by atoms with van der Waals surface area (Å²) in [7, 11) is 0. The van der Waals surface area contributed by atoms with Crippen molar-refractivity contribution in [2.75, 3.05) is 6.54 Å². The van der Waals surface area contributed by atoms with E-state index in [1.165, 1.54) is 5.71 Å². The average molecular weight is 169 g/mol. The lowest BCUT2D eigenvalue weighted by molar-refractivity contribution is 0.359. The van der Waals surface area contributed by atoms with Crippen LogP contribution in [0.3, 0.4) is 0 Å². The lowest BCUT2D eigenvalue weighted by Crippen LogP contribution is -2.29. The molecule has 0 heterocycles. The lowest BCUT2D eigenvalue weighted by atomic mass is 9.76. The van der Waals surface area contributed by atoms with Gasteiger partial charge in [-0.1, -0.05) is 34.6 Å². The van der Waals surface area contributed by atoms with Crippen LogP contribution in [0.1, 0.15) is 48.0 Å². The van der Waals surface area contributed by atoms with Crippen molar-refractivity contribution in [2.45, 2.75) is 48.0 Å². The molecule has 0 bridgehead atoms. The molecule has 72 valence electrons. The second kappa shape index (κ2) is 4.64. The Labute approximate surface area is 77.3 Å². The lowest BCUT2D eigenvalue weighted by Gasteiger charge is -2.30. The fraction of sp³-hybridized carbons (Fsp3) is 0.909. The minimum absolute atomic E-state index is 0.269. The second-order valence-corrected chi connectivity index (χ2v) is 4.15. The molecule has 0 saturated heterocycles. The third kappa shape index (κ3) is 2.62. The molecule has 0 unspecified atom stereocenters. The standard InChI is InChI=1S/C11H23N/c1-7-10(12-8-2)11(5,6)9(3)4/h9H,7-8H2,1-6H3/b12-10+. The van der Waals surface area contributed by atoms with E-state index in [1.54, 1.807) is 0 Å². The molecule has 0 fully saturated rings. The van der Waals surface area contributed by atoms with Crippen LogP contribution in [0.2, 0.25) is 0 Å². The quantitative estimate of drug-likeness (QED) is 0.571. The van der Waals surface area contributed by atoms with E-state index in [4.69, 9.17) is 0 Å². The van der Waals surface area contributed by atoms with Crippen molar-refractivity contribution in [3.63, 3.8) is 0 Å². The van der Waals surface area contributed by atoms with Crippen LogP contribution < -0.4 is 0 Å². The molecule has 0 N–H and O–H groups in total. The highest BCUT2D eigenvalue weighted by Gasteiger charge is 2.26. The summed E-state index contributed by atoms with van der Waals surface area (Å²) in [6, 6.07) is 0. The van der Waals surface area contributed by atoms with Crippen molar-refractivity contribution in [1.82, 2.24) is 0 Å². The minimum Gasteiger partial charge on any atom is -0.294 e. The van der Waals surface area contributed by atoms with Crippen LogP contribution in [0.5, 0.6) is 0 Å². The van der Waals surface area contributed by atoms with Gasteiger partial charge in [0.1, 0.15) is 0 Å². The van der Waals surface area contributed by atoms with Gasteiger partial charge in [0, 0.05) is 17.7 Å². The Kier molecular flexibility index (Phi) is 4.51. The maximum atomic E-state index is 4.55. The molecular weight excluding hydrogens is 146 g/mol. The molecule has 0 aromatic heterocycles. The van der Waals surface area contributed by atoms with Crippen LogP contribution in [0.15, 0.2) is 4.99 Å². The van der Waals surface area contributed by atoms with E-state index in [2.05, 4.69) is 46.5 Å². The first-order valence-electron chi connectivity index (χ1n) is 5.00. The van der Waals surface area contributed by atoms with Gasteiger partial charge in [0.25, 0.3) is 0 Å². The summed E-state index contributed by atoms with van der Waals surface area (Å²) in [5.74, 6) is 0.669. The summed E-state index contributed by atoms with van der Waals surface area (Å²) >= 11 is 0. The van der Waals surface area contributed by atoms with Gasteiger partial charge in [-0.3, -0.25) is 4.99 Å². The van der Waals surface area contributed by atoms with Gasteiger partial charge in [-0.25, -0.2) is 0 Å². The monoisotopic (exact) mass is 169 g/mol. The van der Waals surface area contributed by atoms with Crippen molar-refractivity contribution in [3.05, 3.63) is 0 Å². The van der Waals surface area contributed by atoms with E-state index >= 15 is 0 Å². The smallest absolute Gasteiger partial charge is 0.0360 e. The number of nitrogens with zero attached hydrogens (tertiary/aromatic N) is 1. The Morgan fingerprint density at radius 3 is 2.00 bits per heavy atom. The van der Waals surface area contributed by atoms with Crippen LogP contribution in [0, 0.1) is 11.3 Å². The highest BCUT2D eigenvalue weighted by Crippen LogP contribution is 2.29. The third-order valence-electron chi connectivity index (χ3n) is 2.87. The van der Waals surface area contributed by atoms with Gasteiger partial charge in [-0.05, 0) is 19.3 Å². The Morgan fingerprint density at radius 2 is 1.75 bits per heavy atom. The molecule has 0 amide bonds. The first kappa shape index (κ1) is 11.7. The van der Waals surface area contributed by atoms with E-state index in [0.29, 0.717) is 5.92 Å². The summed E-state index contributed by atoms with van der Waals surface area (Å²) in [6.45, 7) is 14.3. The van der Waals surface area contributed by atoms with Crippen molar-refractivity contribution >= 4 is 5.71 Å². The number of rotatable bonds is 4. The van der Waals surface area contributed by atoms with E-state index in [1.807, 2.05) is 0 Å². The van der Waals surface area contributed by atoms with Crippen LogP contribution in [-0.2, 0) is 0 Å². The largest absolute Gasteiger partial charge is 0.294 e. The third-order valence-corrected chi connectivity index (χ3v) is 2.87. The SMILES string of the molecule is CC/N=C(\CC)C(C)(C)C(C)C. The molecule has 0 radical (unpaired) electrons. The van der Waals surface area contributed by atoms with Gasteiger partial charge in [-0.2, -0.15) is 0 Å². The molecule has 1 nitrogen and oxygen atoms in total. The van der Waals surface area contributed by atoms with Crippen molar-refractivity contribution in [1.29, 1.82) is 0 Å². The van der Waals surface area contributed by atoms with Gasteiger partial charge in [-0.15, -0.1) is 0 Å². The van der Waals surface area contributed by atoms with Crippen LogP contribution >= 0.6 is 0 Å². The van der Waals surface area contributed by atoms with Crippen molar-refractivity contribution in [3.8, 4) is 0 Å². The summed E-state index contributed by atoms with van der Waals surface area (Å²) in [6.07, 6.45) is 1.08. The number of aliphatic imine (C=N–C) groups is 1. The first-order chi connectivity index (χ1) is 5.46. The predicted molar refractivity (Wildman–Crippen MR) is 56.9 cm³/mol. The van der Waals surface area contributed by atoms with Crippen LogP contribution in [0.4, 0.5) is 0 Å². The molecule has 12 heavy (non-hydrogen) atoms. The highest BCUT2D eigenvalue weighted by molar-refractivity contribution is 5.89. The molecule has 0 aromatic rings. The Hall–Kier alpha value is -0.330. The van der Waals surface area contributed by atoms with Crippen LogP contribution in [-0.4, -0.2) is 12.3 Å². The zero-order valence-corrected chi connectivity index (χ0v) is 9.44. The minimum atomic E-state index is 0.269. The molecule has 0 atom stereocenters. The molecule has 0 aromatic carbocycles. The van der Waals surface area contributed by atoms with Gasteiger partial charge in [0.2, 0.25) is 0 Å². The highest BCUT2D eigenvalue weighted by atomic mass is 14.7. The summed E-state index contributed by atoms with van der Waals surface area (Å²) in [5.41, 5.74) is 1.63. The molecule has 0 saturated carbocycles. The molecular formula is C11H23N. The first-order valence-corrected chi connectivity index (χ1v) is 5.00. The molecule has 0 aliphatic carbocycles. The molecule has 0 aliphatic rings. The topological polar surface area (TPSA) is 12.4 Å². The van der Waals surface area contributed by atoms with Crippen LogP contribution in [0.25, 0.3) is 0 Å². The maximum Gasteiger partial charge on any atom is 0.0360 e.